The fourth-order valence-corrected chi connectivity index (χ4v) is 5.37. The molecule has 0 N–H and O–H groups in total. The smallest absolute Gasteiger partial charge is 0.345 e. The van der Waals surface area contributed by atoms with Crippen molar-refractivity contribution in [3.63, 3.8) is 0 Å². The average molecular weight is 461 g/mol. The van der Waals surface area contributed by atoms with E-state index in [0.717, 1.165) is 22.7 Å². The lowest BCUT2D eigenvalue weighted by Gasteiger charge is -2.28. The van der Waals surface area contributed by atoms with Crippen molar-refractivity contribution in [3.05, 3.63) is 64.3 Å². The Balaban J connectivity index is 1.75. The molecular weight excluding hydrogens is 444 g/mol. The van der Waals surface area contributed by atoms with E-state index in [2.05, 4.69) is 20.3 Å². The van der Waals surface area contributed by atoms with Gasteiger partial charge < -0.3 is 9.15 Å². The normalized spacial score (nSPS) is 21.0. The maximum absolute atomic E-state index is 13.2. The predicted molar refractivity (Wildman–Crippen MR) is 111 cm³/mol. The molecular formula is C20H17BrN2O4S. The van der Waals surface area contributed by atoms with Crippen LogP contribution in [0.15, 0.2) is 61.8 Å². The molecule has 2 aliphatic heterocycles. The van der Waals surface area contributed by atoms with Crippen LogP contribution < -0.4 is 4.31 Å². The first-order chi connectivity index (χ1) is 13.5. The van der Waals surface area contributed by atoms with Gasteiger partial charge in [-0.15, -0.1) is 4.40 Å². The van der Waals surface area contributed by atoms with Crippen LogP contribution in [0.25, 0.3) is 11.0 Å². The number of anilines is 1. The molecule has 8 heteroatoms. The Labute approximate surface area is 171 Å². The van der Waals surface area contributed by atoms with Crippen LogP contribution in [-0.4, -0.2) is 33.4 Å². The van der Waals surface area contributed by atoms with Gasteiger partial charge in [-0.1, -0.05) is 46.3 Å². The zero-order valence-corrected chi connectivity index (χ0v) is 17.2. The van der Waals surface area contributed by atoms with E-state index in [1.165, 1.54) is 4.31 Å². The van der Waals surface area contributed by atoms with Gasteiger partial charge in [0.15, 0.2) is 5.76 Å². The molecule has 6 nitrogen and oxygen atoms in total. The minimum Gasteiger partial charge on any atom is -0.452 e. The van der Waals surface area contributed by atoms with Gasteiger partial charge in [-0.25, -0.2) is 4.31 Å². The lowest BCUT2D eigenvalue weighted by Crippen LogP contribution is -2.39. The maximum atomic E-state index is 13.2. The van der Waals surface area contributed by atoms with Crippen molar-refractivity contribution < 1.29 is 17.6 Å². The molecule has 3 aromatic rings. The molecule has 0 radical (unpaired) electrons. The molecule has 28 heavy (non-hydrogen) atoms. The highest BCUT2D eigenvalue weighted by Gasteiger charge is 2.38. The van der Waals surface area contributed by atoms with Gasteiger partial charge in [0, 0.05) is 22.0 Å². The van der Waals surface area contributed by atoms with E-state index in [4.69, 9.17) is 9.15 Å². The van der Waals surface area contributed by atoms with Gasteiger partial charge in [0.2, 0.25) is 0 Å². The van der Waals surface area contributed by atoms with Gasteiger partial charge >= 0.3 is 10.2 Å². The summed E-state index contributed by atoms with van der Waals surface area (Å²) in [5.41, 5.74) is 2.17. The van der Waals surface area contributed by atoms with Gasteiger partial charge in [-0.2, -0.15) is 8.42 Å². The van der Waals surface area contributed by atoms with Crippen LogP contribution in [0.5, 0.6) is 0 Å². The van der Waals surface area contributed by atoms with Crippen LogP contribution >= 0.6 is 15.9 Å². The van der Waals surface area contributed by atoms with Crippen molar-refractivity contribution in [2.75, 3.05) is 17.5 Å². The van der Waals surface area contributed by atoms with Crippen molar-refractivity contribution in [2.45, 2.75) is 18.9 Å². The number of halogens is 1. The number of hydrogen-bond acceptors (Lipinski definition) is 4. The standard InChI is InChI=1S/C20H17BrN2O4S/c21-14-8-9-17-16(11-14)19-20(27-17)18(13-5-2-1-3-6-13)22-28(24,25)23(19)12-15-7-4-10-26-15/h1-3,5-6,8-9,11,15H,4,7,10,12H2. The first-order valence-corrected chi connectivity index (χ1v) is 11.2. The summed E-state index contributed by atoms with van der Waals surface area (Å²) in [4.78, 5) is 0. The summed E-state index contributed by atoms with van der Waals surface area (Å²) in [6.07, 6.45) is 1.62. The summed E-state index contributed by atoms with van der Waals surface area (Å²) in [6, 6.07) is 14.8. The number of furan rings is 1. The lowest BCUT2D eigenvalue weighted by atomic mass is 10.1. The molecule has 144 valence electrons. The summed E-state index contributed by atoms with van der Waals surface area (Å²) in [6.45, 7) is 0.879. The van der Waals surface area contributed by atoms with Crippen molar-refractivity contribution in [1.29, 1.82) is 0 Å². The van der Waals surface area contributed by atoms with Gasteiger partial charge in [-0.3, -0.25) is 0 Å². The minimum absolute atomic E-state index is 0.145. The Morgan fingerprint density at radius 2 is 2.00 bits per heavy atom. The lowest BCUT2D eigenvalue weighted by molar-refractivity contribution is 0.118. The zero-order valence-electron chi connectivity index (χ0n) is 14.8. The van der Waals surface area contributed by atoms with Crippen LogP contribution in [0.4, 0.5) is 5.69 Å². The molecule has 2 aliphatic rings. The molecule has 1 atom stereocenters. The number of benzene rings is 2. The number of nitrogens with zero attached hydrogens (tertiary/aromatic N) is 2. The highest BCUT2D eigenvalue weighted by Crippen LogP contribution is 2.41. The highest BCUT2D eigenvalue weighted by atomic mass is 79.9. The van der Waals surface area contributed by atoms with E-state index in [1.54, 1.807) is 0 Å². The third-order valence-electron chi connectivity index (χ3n) is 5.01. The summed E-state index contributed by atoms with van der Waals surface area (Å²) >= 11 is 3.48. The second-order valence-corrected chi connectivity index (χ2v) is 9.30. The molecule has 0 saturated carbocycles. The van der Waals surface area contributed by atoms with Crippen molar-refractivity contribution >= 4 is 48.5 Å². The molecule has 0 bridgehead atoms. The second-order valence-electron chi connectivity index (χ2n) is 6.87. The molecule has 5 rings (SSSR count). The maximum Gasteiger partial charge on any atom is 0.345 e. The highest BCUT2D eigenvalue weighted by molar-refractivity contribution is 9.10. The molecule has 0 amide bonds. The quantitative estimate of drug-likeness (QED) is 0.584. The summed E-state index contributed by atoms with van der Waals surface area (Å²) in [7, 11) is -3.93. The third kappa shape index (κ3) is 2.96. The Morgan fingerprint density at radius 3 is 2.75 bits per heavy atom. The molecule has 1 unspecified atom stereocenters. The number of rotatable bonds is 3. The first-order valence-electron chi connectivity index (χ1n) is 9.05. The van der Waals surface area contributed by atoms with E-state index in [9.17, 15) is 8.42 Å². The van der Waals surface area contributed by atoms with Crippen LogP contribution in [0.3, 0.4) is 0 Å². The zero-order chi connectivity index (χ0) is 19.3. The van der Waals surface area contributed by atoms with E-state index in [1.807, 2.05) is 48.5 Å². The Morgan fingerprint density at radius 1 is 1.18 bits per heavy atom. The van der Waals surface area contributed by atoms with Crippen LogP contribution in [-0.2, 0) is 14.9 Å². The molecule has 0 spiro atoms. The molecule has 1 fully saturated rings. The molecule has 3 heterocycles. The third-order valence-corrected chi connectivity index (χ3v) is 6.81. The minimum atomic E-state index is -3.93. The van der Waals surface area contributed by atoms with E-state index in [0.29, 0.717) is 34.9 Å². The van der Waals surface area contributed by atoms with Crippen molar-refractivity contribution in [1.82, 2.24) is 0 Å². The molecule has 1 saturated heterocycles. The van der Waals surface area contributed by atoms with Crippen LogP contribution in [0, 0.1) is 0 Å². The van der Waals surface area contributed by atoms with Crippen molar-refractivity contribution in [3.8, 4) is 0 Å². The topological polar surface area (TPSA) is 72.1 Å². The molecule has 0 aliphatic carbocycles. The van der Waals surface area contributed by atoms with Gasteiger partial charge in [0.25, 0.3) is 0 Å². The first kappa shape index (κ1) is 17.9. The predicted octanol–water partition coefficient (Wildman–Crippen LogP) is 4.28. The Kier molecular flexibility index (Phi) is 4.30. The summed E-state index contributed by atoms with van der Waals surface area (Å²) in [5.74, 6) is 0.465. The fraction of sp³-hybridized carbons (Fsp3) is 0.250. The molecule has 2 aromatic carbocycles. The van der Waals surface area contributed by atoms with Gasteiger partial charge in [-0.05, 0) is 31.0 Å². The van der Waals surface area contributed by atoms with Crippen LogP contribution in [0.2, 0.25) is 0 Å². The summed E-state index contributed by atoms with van der Waals surface area (Å²) in [5, 5.41) is 0.731. The monoisotopic (exact) mass is 460 g/mol. The SMILES string of the molecule is O=S1(=O)N=C(c2ccccc2)c2oc3ccc(Br)cc3c2N1CC1CCCO1. The van der Waals surface area contributed by atoms with Crippen LogP contribution in [0.1, 0.15) is 24.2 Å². The number of ether oxygens (including phenoxy) is 1. The molecule has 1 aromatic heterocycles. The average Bonchev–Trinajstić information content (AvgIpc) is 3.32. The van der Waals surface area contributed by atoms with Gasteiger partial charge in [0.1, 0.15) is 17.0 Å². The fourth-order valence-electron chi connectivity index (χ4n) is 3.72. The largest absolute Gasteiger partial charge is 0.452 e. The van der Waals surface area contributed by atoms with E-state index in [-0.39, 0.29) is 12.6 Å². The van der Waals surface area contributed by atoms with Crippen molar-refractivity contribution in [2.24, 2.45) is 4.40 Å². The Bertz CT molecular complexity index is 1180. The second kappa shape index (κ2) is 6.72. The number of fused-ring (bicyclic) bond motifs is 3. The number of hydrogen-bond donors (Lipinski definition) is 0. The Hall–Kier alpha value is -2.16. The van der Waals surface area contributed by atoms with E-state index < -0.39 is 10.2 Å². The van der Waals surface area contributed by atoms with E-state index >= 15 is 0 Å². The summed E-state index contributed by atoms with van der Waals surface area (Å²) < 4.78 is 44.4. The van der Waals surface area contributed by atoms with Gasteiger partial charge in [0.05, 0.1) is 12.6 Å².